The number of aromatic nitrogens is 5. The number of hydrogen-bond acceptors (Lipinski definition) is 7. The van der Waals surface area contributed by atoms with E-state index in [4.69, 9.17) is 20.4 Å². The van der Waals surface area contributed by atoms with Crippen molar-refractivity contribution in [3.05, 3.63) is 60.0 Å². The maximum absolute atomic E-state index is 5.78. The quantitative estimate of drug-likeness (QED) is 0.562. The van der Waals surface area contributed by atoms with Gasteiger partial charge in [-0.3, -0.25) is 0 Å². The molecule has 4 aromatic rings. The molecule has 3 aromatic heterocycles. The van der Waals surface area contributed by atoms with Gasteiger partial charge < -0.3 is 19.9 Å². The number of hydrogen-bond donors (Lipinski definition) is 1. The second-order valence-corrected chi connectivity index (χ2v) is 7.48. The van der Waals surface area contributed by atoms with Gasteiger partial charge in [0.05, 0.1) is 26.1 Å². The topological polar surface area (TPSA) is 95.0 Å². The van der Waals surface area contributed by atoms with Crippen LogP contribution in [0.2, 0.25) is 0 Å². The summed E-state index contributed by atoms with van der Waals surface area (Å²) in [5.74, 6) is 1.16. The number of morpholine rings is 1. The summed E-state index contributed by atoms with van der Waals surface area (Å²) < 4.78 is 7.57. The number of benzene rings is 1. The highest BCUT2D eigenvalue weighted by atomic mass is 16.5. The fourth-order valence-electron chi connectivity index (χ4n) is 3.71. The molecule has 1 saturated heterocycles. The van der Waals surface area contributed by atoms with Crippen molar-refractivity contribution in [1.82, 2.24) is 24.5 Å². The lowest BCUT2D eigenvalue weighted by Gasteiger charge is -2.27. The first-order valence-corrected chi connectivity index (χ1v) is 10.0. The number of aryl methyl sites for hydroxylation is 1. The molecule has 0 amide bonds. The van der Waals surface area contributed by atoms with Gasteiger partial charge in [0.1, 0.15) is 17.0 Å². The standard InChI is InChI=1S/C22H23N7O/c1-15-3-2-4-16(11-15)13-29-14-25-20-19(17-5-6-18(23)24-12-17)26-22(27-21(20)29)28-7-9-30-10-8-28/h2-6,11-12,14H,7-10,13H2,1H3,(H2,23,24). The Bertz CT molecular complexity index is 1180. The highest BCUT2D eigenvalue weighted by Gasteiger charge is 2.20. The third-order valence-electron chi connectivity index (χ3n) is 5.24. The summed E-state index contributed by atoms with van der Waals surface area (Å²) in [7, 11) is 0. The molecule has 0 atom stereocenters. The molecule has 0 aliphatic carbocycles. The van der Waals surface area contributed by atoms with Crippen molar-refractivity contribution in [3.63, 3.8) is 0 Å². The Hall–Kier alpha value is -3.52. The van der Waals surface area contributed by atoms with E-state index in [2.05, 4.69) is 50.6 Å². The maximum atomic E-state index is 5.78. The Morgan fingerprint density at radius 3 is 2.70 bits per heavy atom. The van der Waals surface area contributed by atoms with E-state index in [0.717, 1.165) is 35.5 Å². The van der Waals surface area contributed by atoms with E-state index >= 15 is 0 Å². The van der Waals surface area contributed by atoms with E-state index in [1.807, 2.05) is 12.4 Å². The van der Waals surface area contributed by atoms with Gasteiger partial charge in [-0.25, -0.2) is 15.0 Å². The lowest BCUT2D eigenvalue weighted by Crippen LogP contribution is -2.37. The Kier molecular flexibility index (Phi) is 4.76. The molecule has 0 spiro atoms. The van der Waals surface area contributed by atoms with Crippen LogP contribution in [-0.2, 0) is 11.3 Å². The summed E-state index contributed by atoms with van der Waals surface area (Å²) in [5.41, 5.74) is 11.4. The Morgan fingerprint density at radius 2 is 1.93 bits per heavy atom. The van der Waals surface area contributed by atoms with Crippen LogP contribution in [0.1, 0.15) is 11.1 Å². The van der Waals surface area contributed by atoms with Gasteiger partial charge in [0.25, 0.3) is 0 Å². The average Bonchev–Trinajstić information content (AvgIpc) is 3.17. The van der Waals surface area contributed by atoms with Crippen LogP contribution in [0, 0.1) is 6.92 Å². The summed E-state index contributed by atoms with van der Waals surface area (Å²) >= 11 is 0. The predicted octanol–water partition coefficient (Wildman–Crippen LogP) is 2.66. The van der Waals surface area contributed by atoms with E-state index in [1.165, 1.54) is 11.1 Å². The molecule has 0 saturated carbocycles. The summed E-state index contributed by atoms with van der Waals surface area (Å²) in [6.45, 7) is 5.65. The van der Waals surface area contributed by atoms with Crippen LogP contribution in [0.3, 0.4) is 0 Å². The number of nitrogens with two attached hydrogens (primary N) is 1. The molecule has 8 nitrogen and oxygen atoms in total. The molecule has 1 aliphatic heterocycles. The molecular formula is C22H23N7O. The zero-order valence-corrected chi connectivity index (χ0v) is 16.8. The molecule has 0 bridgehead atoms. The van der Waals surface area contributed by atoms with E-state index < -0.39 is 0 Å². The fraction of sp³-hybridized carbons (Fsp3) is 0.273. The monoisotopic (exact) mass is 401 g/mol. The molecule has 30 heavy (non-hydrogen) atoms. The molecule has 0 unspecified atom stereocenters. The third-order valence-corrected chi connectivity index (χ3v) is 5.24. The minimum Gasteiger partial charge on any atom is -0.384 e. The van der Waals surface area contributed by atoms with Crippen molar-refractivity contribution in [2.45, 2.75) is 13.5 Å². The molecule has 152 valence electrons. The molecule has 4 heterocycles. The first-order chi connectivity index (χ1) is 14.7. The highest BCUT2D eigenvalue weighted by molar-refractivity contribution is 5.88. The normalized spacial score (nSPS) is 14.4. The van der Waals surface area contributed by atoms with Crippen LogP contribution in [-0.4, -0.2) is 50.8 Å². The molecule has 1 aromatic carbocycles. The van der Waals surface area contributed by atoms with Gasteiger partial charge >= 0.3 is 0 Å². The van der Waals surface area contributed by atoms with Gasteiger partial charge in [-0.1, -0.05) is 29.8 Å². The second-order valence-electron chi connectivity index (χ2n) is 7.48. The molecule has 8 heteroatoms. The lowest BCUT2D eigenvalue weighted by molar-refractivity contribution is 0.122. The Labute approximate surface area is 174 Å². The van der Waals surface area contributed by atoms with Gasteiger partial charge in [0, 0.05) is 24.8 Å². The van der Waals surface area contributed by atoms with Crippen LogP contribution < -0.4 is 10.6 Å². The molecular weight excluding hydrogens is 378 g/mol. The number of nitrogens with zero attached hydrogens (tertiary/aromatic N) is 6. The first kappa shape index (κ1) is 18.5. The van der Waals surface area contributed by atoms with Gasteiger partial charge in [0.2, 0.25) is 5.95 Å². The van der Waals surface area contributed by atoms with E-state index in [9.17, 15) is 0 Å². The minimum absolute atomic E-state index is 0.474. The average molecular weight is 401 g/mol. The van der Waals surface area contributed by atoms with Crippen LogP contribution in [0.4, 0.5) is 11.8 Å². The molecule has 2 N–H and O–H groups in total. The van der Waals surface area contributed by atoms with Crippen LogP contribution in [0.25, 0.3) is 22.4 Å². The number of ether oxygens (including phenoxy) is 1. The molecule has 0 radical (unpaired) electrons. The van der Waals surface area contributed by atoms with Gasteiger partial charge in [-0.2, -0.15) is 4.98 Å². The number of imidazole rings is 1. The number of pyridine rings is 1. The van der Waals surface area contributed by atoms with Crippen molar-refractivity contribution < 1.29 is 4.74 Å². The SMILES string of the molecule is Cc1cccc(Cn2cnc3c(-c4ccc(N)nc4)nc(N4CCOCC4)nc32)c1. The smallest absolute Gasteiger partial charge is 0.228 e. The van der Waals surface area contributed by atoms with Crippen molar-refractivity contribution in [2.75, 3.05) is 36.9 Å². The molecule has 1 aliphatic rings. The first-order valence-electron chi connectivity index (χ1n) is 10.0. The Morgan fingerprint density at radius 1 is 1.07 bits per heavy atom. The van der Waals surface area contributed by atoms with E-state index in [0.29, 0.717) is 31.5 Å². The van der Waals surface area contributed by atoms with Gasteiger partial charge in [-0.05, 0) is 24.6 Å². The summed E-state index contributed by atoms with van der Waals surface area (Å²) in [4.78, 5) is 20.8. The second kappa shape index (κ2) is 7.72. The maximum Gasteiger partial charge on any atom is 0.228 e. The molecule has 1 fully saturated rings. The molecule has 5 rings (SSSR count). The number of rotatable bonds is 4. The lowest BCUT2D eigenvalue weighted by atomic mass is 10.1. The van der Waals surface area contributed by atoms with E-state index in [-0.39, 0.29) is 0 Å². The number of anilines is 2. The van der Waals surface area contributed by atoms with Crippen molar-refractivity contribution in [2.24, 2.45) is 0 Å². The van der Waals surface area contributed by atoms with Crippen molar-refractivity contribution in [3.8, 4) is 11.3 Å². The largest absolute Gasteiger partial charge is 0.384 e. The highest BCUT2D eigenvalue weighted by Crippen LogP contribution is 2.28. The summed E-state index contributed by atoms with van der Waals surface area (Å²) in [6.07, 6.45) is 3.57. The van der Waals surface area contributed by atoms with Crippen molar-refractivity contribution in [1.29, 1.82) is 0 Å². The minimum atomic E-state index is 0.474. The fourth-order valence-corrected chi connectivity index (χ4v) is 3.71. The van der Waals surface area contributed by atoms with Gasteiger partial charge in [-0.15, -0.1) is 0 Å². The Balaban J connectivity index is 1.64. The third kappa shape index (κ3) is 3.57. The summed E-state index contributed by atoms with van der Waals surface area (Å²) in [6, 6.07) is 12.2. The van der Waals surface area contributed by atoms with Gasteiger partial charge in [0.15, 0.2) is 5.65 Å². The summed E-state index contributed by atoms with van der Waals surface area (Å²) in [5, 5.41) is 0. The zero-order valence-electron chi connectivity index (χ0n) is 16.8. The zero-order chi connectivity index (χ0) is 20.5. The van der Waals surface area contributed by atoms with Crippen LogP contribution in [0.5, 0.6) is 0 Å². The predicted molar refractivity (Wildman–Crippen MR) is 116 cm³/mol. The van der Waals surface area contributed by atoms with E-state index in [1.54, 1.807) is 12.3 Å². The van der Waals surface area contributed by atoms with Crippen LogP contribution >= 0.6 is 0 Å². The van der Waals surface area contributed by atoms with Crippen molar-refractivity contribution >= 4 is 22.9 Å². The van der Waals surface area contributed by atoms with Crippen LogP contribution in [0.15, 0.2) is 48.9 Å². The number of nitrogen functional groups attached to an aromatic ring is 1. The number of fused-ring (bicyclic) bond motifs is 1.